The van der Waals surface area contributed by atoms with E-state index in [9.17, 15) is 8.42 Å². The van der Waals surface area contributed by atoms with Crippen LogP contribution in [0.15, 0.2) is 53.4 Å². The molecule has 0 radical (unpaired) electrons. The van der Waals surface area contributed by atoms with Gasteiger partial charge in [0.05, 0.1) is 17.1 Å². The van der Waals surface area contributed by atoms with E-state index in [4.69, 9.17) is 16.3 Å². The van der Waals surface area contributed by atoms with Gasteiger partial charge in [0, 0.05) is 18.1 Å². The first-order chi connectivity index (χ1) is 11.4. The van der Waals surface area contributed by atoms with Gasteiger partial charge in [-0.05, 0) is 37.6 Å². The van der Waals surface area contributed by atoms with E-state index in [1.165, 1.54) is 10.4 Å². The number of morpholine rings is 1. The molecule has 2 unspecified atom stereocenters. The molecular weight excluding hydrogens is 346 g/mol. The van der Waals surface area contributed by atoms with E-state index in [-0.39, 0.29) is 17.1 Å². The molecule has 6 heteroatoms. The zero-order valence-electron chi connectivity index (χ0n) is 13.6. The molecule has 1 saturated heterocycles. The number of rotatable bonds is 3. The molecule has 1 fully saturated rings. The van der Waals surface area contributed by atoms with E-state index >= 15 is 0 Å². The second kappa shape index (κ2) is 6.84. The fraction of sp³-hybridized carbons (Fsp3) is 0.333. The standard InChI is InChI=1S/C18H20ClNO3S/c1-13-6-8-15(9-7-13)18-12-20(11-14(2)23-18)24(21,22)17-5-3-4-16(19)10-17/h3-10,14,18H,11-12H2,1-2H3. The number of sulfonamides is 1. The topological polar surface area (TPSA) is 46.6 Å². The molecule has 0 spiro atoms. The zero-order valence-corrected chi connectivity index (χ0v) is 15.2. The van der Waals surface area contributed by atoms with Gasteiger partial charge in [0.25, 0.3) is 0 Å². The summed E-state index contributed by atoms with van der Waals surface area (Å²) < 4.78 is 33.3. The molecule has 0 bridgehead atoms. The molecule has 0 N–H and O–H groups in total. The number of aryl methyl sites for hydroxylation is 1. The van der Waals surface area contributed by atoms with Gasteiger partial charge in [0.15, 0.2) is 0 Å². The van der Waals surface area contributed by atoms with Crippen LogP contribution in [0, 0.1) is 6.92 Å². The summed E-state index contributed by atoms with van der Waals surface area (Å²) in [6.07, 6.45) is -0.456. The molecule has 3 rings (SSSR count). The summed E-state index contributed by atoms with van der Waals surface area (Å²) in [5.74, 6) is 0. The van der Waals surface area contributed by atoms with Crippen molar-refractivity contribution < 1.29 is 13.2 Å². The number of hydrogen-bond acceptors (Lipinski definition) is 3. The minimum atomic E-state index is -3.60. The van der Waals surface area contributed by atoms with Crippen LogP contribution in [0.25, 0.3) is 0 Å². The lowest BCUT2D eigenvalue weighted by molar-refractivity contribution is -0.0557. The first kappa shape index (κ1) is 17.4. The van der Waals surface area contributed by atoms with Crippen LogP contribution in [0.5, 0.6) is 0 Å². The van der Waals surface area contributed by atoms with Gasteiger partial charge in [-0.25, -0.2) is 8.42 Å². The fourth-order valence-electron chi connectivity index (χ4n) is 2.85. The minimum Gasteiger partial charge on any atom is -0.368 e. The number of ether oxygens (including phenoxy) is 1. The van der Waals surface area contributed by atoms with Crippen LogP contribution in [0.2, 0.25) is 5.02 Å². The number of nitrogens with zero attached hydrogens (tertiary/aromatic N) is 1. The Bertz CT molecular complexity index is 820. The summed E-state index contributed by atoms with van der Waals surface area (Å²) in [5, 5.41) is 0.410. The molecule has 4 nitrogen and oxygen atoms in total. The average Bonchev–Trinajstić information content (AvgIpc) is 2.55. The van der Waals surface area contributed by atoms with Crippen LogP contribution in [-0.4, -0.2) is 31.9 Å². The van der Waals surface area contributed by atoms with E-state index in [1.54, 1.807) is 18.2 Å². The van der Waals surface area contributed by atoms with Crippen molar-refractivity contribution in [2.75, 3.05) is 13.1 Å². The van der Waals surface area contributed by atoms with Crippen molar-refractivity contribution in [1.29, 1.82) is 0 Å². The van der Waals surface area contributed by atoms with Crippen molar-refractivity contribution in [2.24, 2.45) is 0 Å². The zero-order chi connectivity index (χ0) is 17.3. The third kappa shape index (κ3) is 3.64. The lowest BCUT2D eigenvalue weighted by Gasteiger charge is -2.36. The first-order valence-electron chi connectivity index (χ1n) is 7.84. The number of halogens is 1. The smallest absolute Gasteiger partial charge is 0.243 e. The van der Waals surface area contributed by atoms with Crippen LogP contribution in [0.1, 0.15) is 24.2 Å². The van der Waals surface area contributed by atoms with Crippen LogP contribution in [-0.2, 0) is 14.8 Å². The normalized spacial score (nSPS) is 22.5. The summed E-state index contributed by atoms with van der Waals surface area (Å²) in [6.45, 7) is 4.53. The number of benzene rings is 2. The van der Waals surface area contributed by atoms with Gasteiger partial charge in [0.2, 0.25) is 10.0 Å². The first-order valence-corrected chi connectivity index (χ1v) is 9.66. The largest absolute Gasteiger partial charge is 0.368 e. The lowest BCUT2D eigenvalue weighted by Crippen LogP contribution is -2.45. The highest BCUT2D eigenvalue weighted by Gasteiger charge is 2.34. The highest BCUT2D eigenvalue weighted by atomic mass is 35.5. The monoisotopic (exact) mass is 365 g/mol. The van der Waals surface area contributed by atoms with E-state index in [1.807, 2.05) is 38.1 Å². The van der Waals surface area contributed by atoms with E-state index in [0.717, 1.165) is 11.1 Å². The average molecular weight is 366 g/mol. The molecule has 0 saturated carbocycles. The summed E-state index contributed by atoms with van der Waals surface area (Å²) in [5.41, 5.74) is 2.14. The van der Waals surface area contributed by atoms with Gasteiger partial charge in [-0.15, -0.1) is 0 Å². The van der Waals surface area contributed by atoms with Crippen molar-refractivity contribution >= 4 is 21.6 Å². The van der Waals surface area contributed by atoms with Crippen molar-refractivity contribution in [3.63, 3.8) is 0 Å². The van der Waals surface area contributed by atoms with Crippen LogP contribution in [0.4, 0.5) is 0 Å². The second-order valence-corrected chi connectivity index (χ2v) is 8.50. The van der Waals surface area contributed by atoms with E-state index < -0.39 is 10.0 Å². The van der Waals surface area contributed by atoms with Gasteiger partial charge >= 0.3 is 0 Å². The third-order valence-corrected chi connectivity index (χ3v) is 6.17. The van der Waals surface area contributed by atoms with Crippen LogP contribution < -0.4 is 0 Å². The molecule has 2 aromatic rings. The molecule has 24 heavy (non-hydrogen) atoms. The Kier molecular flexibility index (Phi) is 4.97. The summed E-state index contributed by atoms with van der Waals surface area (Å²) >= 11 is 5.95. The molecule has 1 heterocycles. The summed E-state index contributed by atoms with van der Waals surface area (Å²) in [7, 11) is -3.60. The highest BCUT2D eigenvalue weighted by molar-refractivity contribution is 7.89. The van der Waals surface area contributed by atoms with Crippen molar-refractivity contribution in [3.8, 4) is 0 Å². The predicted octanol–water partition coefficient (Wildman–Crippen LogP) is 3.80. The maximum atomic E-state index is 12.9. The summed E-state index contributed by atoms with van der Waals surface area (Å²) in [6, 6.07) is 14.4. The molecular formula is C18H20ClNO3S. The minimum absolute atomic E-state index is 0.181. The SMILES string of the molecule is Cc1ccc(C2CN(S(=O)(=O)c3cccc(Cl)c3)CC(C)O2)cc1. The third-order valence-electron chi connectivity index (χ3n) is 4.11. The molecule has 0 aromatic heterocycles. The molecule has 1 aliphatic heterocycles. The maximum absolute atomic E-state index is 12.9. The molecule has 2 aromatic carbocycles. The quantitative estimate of drug-likeness (QED) is 0.831. The molecule has 128 valence electrons. The fourth-order valence-corrected chi connectivity index (χ4v) is 4.67. The van der Waals surface area contributed by atoms with Gasteiger partial charge in [-0.2, -0.15) is 4.31 Å². The van der Waals surface area contributed by atoms with Gasteiger partial charge < -0.3 is 4.74 Å². The maximum Gasteiger partial charge on any atom is 0.243 e. The van der Waals surface area contributed by atoms with Crippen molar-refractivity contribution in [2.45, 2.75) is 31.0 Å². The van der Waals surface area contributed by atoms with Gasteiger partial charge in [-0.3, -0.25) is 0 Å². The van der Waals surface area contributed by atoms with E-state index in [2.05, 4.69) is 0 Å². The summed E-state index contributed by atoms with van der Waals surface area (Å²) in [4.78, 5) is 0.215. The second-order valence-electron chi connectivity index (χ2n) is 6.13. The van der Waals surface area contributed by atoms with Gasteiger partial charge in [-0.1, -0.05) is 47.5 Å². The van der Waals surface area contributed by atoms with Crippen LogP contribution >= 0.6 is 11.6 Å². The van der Waals surface area contributed by atoms with Crippen LogP contribution in [0.3, 0.4) is 0 Å². The Hall–Kier alpha value is -1.40. The molecule has 2 atom stereocenters. The van der Waals surface area contributed by atoms with Gasteiger partial charge in [0.1, 0.15) is 0 Å². The van der Waals surface area contributed by atoms with E-state index in [0.29, 0.717) is 18.1 Å². The number of hydrogen-bond donors (Lipinski definition) is 0. The predicted molar refractivity (Wildman–Crippen MR) is 94.7 cm³/mol. The molecule has 0 amide bonds. The Labute approximate surface area is 148 Å². The Morgan fingerprint density at radius 3 is 2.50 bits per heavy atom. The Morgan fingerprint density at radius 2 is 1.83 bits per heavy atom. The molecule has 0 aliphatic carbocycles. The Morgan fingerprint density at radius 1 is 1.12 bits per heavy atom. The highest BCUT2D eigenvalue weighted by Crippen LogP contribution is 2.29. The van der Waals surface area contributed by atoms with Crippen molar-refractivity contribution in [1.82, 2.24) is 4.31 Å². The van der Waals surface area contributed by atoms with Crippen molar-refractivity contribution in [3.05, 3.63) is 64.7 Å². The lowest BCUT2D eigenvalue weighted by atomic mass is 10.1. The Balaban J connectivity index is 1.89. The molecule has 1 aliphatic rings.